The zero-order valence-corrected chi connectivity index (χ0v) is 16.9. The van der Waals surface area contributed by atoms with Crippen molar-refractivity contribution in [1.29, 1.82) is 0 Å². The van der Waals surface area contributed by atoms with Crippen LogP contribution in [0.15, 0.2) is 54.6 Å². The highest BCUT2D eigenvalue weighted by Gasteiger charge is 2.14. The molecule has 0 saturated carbocycles. The number of benzene rings is 3. The zero-order valence-electron chi connectivity index (χ0n) is 16.1. The Bertz CT molecular complexity index is 1050. The number of carbonyl (C=O) groups is 2. The van der Waals surface area contributed by atoms with Crippen molar-refractivity contribution >= 4 is 39.9 Å². The summed E-state index contributed by atoms with van der Waals surface area (Å²) < 4.78 is 10.4. The molecule has 29 heavy (non-hydrogen) atoms. The summed E-state index contributed by atoms with van der Waals surface area (Å²) in [7, 11) is 2.97. The molecule has 0 radical (unpaired) electrons. The van der Waals surface area contributed by atoms with E-state index in [0.717, 1.165) is 16.3 Å². The minimum Gasteiger partial charge on any atom is -0.495 e. The number of nitrogens with one attached hydrogen (secondary N) is 2. The van der Waals surface area contributed by atoms with Crippen LogP contribution >= 0.6 is 11.6 Å². The molecule has 0 aromatic heterocycles. The molecule has 0 bridgehead atoms. The predicted octanol–water partition coefficient (Wildman–Crippen LogP) is 3.81. The summed E-state index contributed by atoms with van der Waals surface area (Å²) in [4.78, 5) is 24.6. The van der Waals surface area contributed by atoms with Crippen molar-refractivity contribution in [2.45, 2.75) is 6.42 Å². The lowest BCUT2D eigenvalue weighted by Crippen LogP contribution is -2.33. The second-order valence-corrected chi connectivity index (χ2v) is 6.73. The number of fused-ring (bicyclic) bond motifs is 1. The normalized spacial score (nSPS) is 10.4. The molecule has 0 aliphatic carbocycles. The molecule has 3 aromatic rings. The molecule has 7 heteroatoms. The number of amides is 2. The molecule has 3 aromatic carbocycles. The van der Waals surface area contributed by atoms with E-state index in [4.69, 9.17) is 21.1 Å². The van der Waals surface area contributed by atoms with Crippen LogP contribution < -0.4 is 20.1 Å². The summed E-state index contributed by atoms with van der Waals surface area (Å²) in [5.41, 5.74) is 1.30. The van der Waals surface area contributed by atoms with E-state index in [1.807, 2.05) is 42.5 Å². The van der Waals surface area contributed by atoms with E-state index in [-0.39, 0.29) is 18.9 Å². The minimum absolute atomic E-state index is 0.170. The van der Waals surface area contributed by atoms with Crippen LogP contribution in [0.25, 0.3) is 10.8 Å². The summed E-state index contributed by atoms with van der Waals surface area (Å²) in [6, 6.07) is 16.8. The highest BCUT2D eigenvalue weighted by Crippen LogP contribution is 2.35. The maximum absolute atomic E-state index is 12.3. The molecule has 0 saturated heterocycles. The van der Waals surface area contributed by atoms with Gasteiger partial charge in [0.15, 0.2) is 0 Å². The Morgan fingerprint density at radius 2 is 1.66 bits per heavy atom. The zero-order chi connectivity index (χ0) is 20.8. The second kappa shape index (κ2) is 9.30. The van der Waals surface area contributed by atoms with Crippen LogP contribution in [0, 0.1) is 0 Å². The van der Waals surface area contributed by atoms with E-state index in [0.29, 0.717) is 22.2 Å². The largest absolute Gasteiger partial charge is 0.495 e. The molecule has 0 spiro atoms. The van der Waals surface area contributed by atoms with Gasteiger partial charge >= 0.3 is 0 Å². The summed E-state index contributed by atoms with van der Waals surface area (Å²) in [6.45, 7) is -0.170. The van der Waals surface area contributed by atoms with Crippen LogP contribution in [0.2, 0.25) is 5.02 Å². The molecule has 2 N–H and O–H groups in total. The van der Waals surface area contributed by atoms with Gasteiger partial charge in [-0.15, -0.1) is 0 Å². The molecule has 150 valence electrons. The van der Waals surface area contributed by atoms with Gasteiger partial charge in [-0.1, -0.05) is 54.1 Å². The third-order valence-corrected chi connectivity index (χ3v) is 4.72. The Morgan fingerprint density at radius 1 is 0.931 bits per heavy atom. The highest BCUT2D eigenvalue weighted by atomic mass is 35.5. The molecule has 0 heterocycles. The van der Waals surface area contributed by atoms with Crippen molar-refractivity contribution in [2.75, 3.05) is 26.1 Å². The van der Waals surface area contributed by atoms with E-state index in [1.54, 1.807) is 6.07 Å². The van der Waals surface area contributed by atoms with Crippen LogP contribution in [0.4, 0.5) is 5.69 Å². The number of halogens is 1. The molecule has 0 aliphatic rings. The molecule has 0 unspecified atom stereocenters. The Hall–Kier alpha value is -3.25. The first-order valence-electron chi connectivity index (χ1n) is 8.96. The fourth-order valence-corrected chi connectivity index (χ4v) is 3.25. The van der Waals surface area contributed by atoms with E-state index >= 15 is 0 Å². The Labute approximate surface area is 173 Å². The monoisotopic (exact) mass is 412 g/mol. The van der Waals surface area contributed by atoms with Gasteiger partial charge in [0.05, 0.1) is 37.9 Å². The van der Waals surface area contributed by atoms with Gasteiger partial charge in [-0.25, -0.2) is 0 Å². The first-order chi connectivity index (χ1) is 14.0. The number of methoxy groups -OCH3 is 2. The predicted molar refractivity (Wildman–Crippen MR) is 114 cm³/mol. The lowest BCUT2D eigenvalue weighted by molar-refractivity contribution is -0.123. The van der Waals surface area contributed by atoms with Crippen molar-refractivity contribution in [3.63, 3.8) is 0 Å². The van der Waals surface area contributed by atoms with Gasteiger partial charge < -0.3 is 20.1 Å². The summed E-state index contributed by atoms with van der Waals surface area (Å²) in [5, 5.41) is 7.75. The van der Waals surface area contributed by atoms with Crippen molar-refractivity contribution in [1.82, 2.24) is 5.32 Å². The van der Waals surface area contributed by atoms with Gasteiger partial charge in [-0.3, -0.25) is 9.59 Å². The molecular weight excluding hydrogens is 392 g/mol. The molecule has 0 aliphatic heterocycles. The molecule has 6 nitrogen and oxygen atoms in total. The third kappa shape index (κ3) is 4.97. The van der Waals surface area contributed by atoms with Crippen molar-refractivity contribution in [3.05, 3.63) is 65.2 Å². The Kier molecular flexibility index (Phi) is 6.57. The van der Waals surface area contributed by atoms with Crippen LogP contribution in [0.3, 0.4) is 0 Å². The van der Waals surface area contributed by atoms with Gasteiger partial charge in [0, 0.05) is 6.07 Å². The topological polar surface area (TPSA) is 76.7 Å². The number of ether oxygens (including phenoxy) is 2. The standard InChI is InChI=1S/C22H21ClN2O4/c1-28-19-12-20(29-2)18(11-17(19)23)25-22(27)13-24-21(26)10-15-8-5-7-14-6-3-4-9-16(14)15/h3-9,11-12H,10,13H2,1-2H3,(H,24,26)(H,25,27). The van der Waals surface area contributed by atoms with Crippen LogP contribution in [-0.4, -0.2) is 32.6 Å². The van der Waals surface area contributed by atoms with Crippen molar-refractivity contribution in [2.24, 2.45) is 0 Å². The minimum atomic E-state index is -0.393. The molecular formula is C22H21ClN2O4. The van der Waals surface area contributed by atoms with Crippen molar-refractivity contribution in [3.8, 4) is 11.5 Å². The first kappa shape index (κ1) is 20.5. The summed E-state index contributed by atoms with van der Waals surface area (Å²) in [5.74, 6) is 0.207. The van der Waals surface area contributed by atoms with Gasteiger partial charge in [-0.05, 0) is 22.4 Å². The molecule has 0 atom stereocenters. The lowest BCUT2D eigenvalue weighted by Gasteiger charge is -2.13. The molecule has 3 rings (SSSR count). The van der Waals surface area contributed by atoms with E-state index in [2.05, 4.69) is 10.6 Å². The molecule has 0 fully saturated rings. The fourth-order valence-electron chi connectivity index (χ4n) is 3.01. The van der Waals surface area contributed by atoms with Gasteiger partial charge in [0.2, 0.25) is 11.8 Å². The first-order valence-corrected chi connectivity index (χ1v) is 9.34. The highest BCUT2D eigenvalue weighted by molar-refractivity contribution is 6.32. The quantitative estimate of drug-likeness (QED) is 0.618. The number of anilines is 1. The smallest absolute Gasteiger partial charge is 0.243 e. The van der Waals surface area contributed by atoms with Crippen molar-refractivity contribution < 1.29 is 19.1 Å². The van der Waals surface area contributed by atoms with E-state index in [1.165, 1.54) is 20.3 Å². The Morgan fingerprint density at radius 3 is 2.41 bits per heavy atom. The Balaban J connectivity index is 1.61. The second-order valence-electron chi connectivity index (χ2n) is 6.33. The lowest BCUT2D eigenvalue weighted by atomic mass is 10.0. The van der Waals surface area contributed by atoms with E-state index < -0.39 is 5.91 Å². The third-order valence-electron chi connectivity index (χ3n) is 4.43. The van der Waals surface area contributed by atoms with Crippen LogP contribution in [0.1, 0.15) is 5.56 Å². The number of hydrogen-bond donors (Lipinski definition) is 2. The fraction of sp³-hybridized carbons (Fsp3) is 0.182. The van der Waals surface area contributed by atoms with Gasteiger partial charge in [-0.2, -0.15) is 0 Å². The number of carbonyl (C=O) groups excluding carboxylic acids is 2. The number of rotatable bonds is 7. The van der Waals surface area contributed by atoms with Gasteiger partial charge in [0.25, 0.3) is 0 Å². The average molecular weight is 413 g/mol. The van der Waals surface area contributed by atoms with Gasteiger partial charge in [0.1, 0.15) is 11.5 Å². The molecule has 2 amide bonds. The van der Waals surface area contributed by atoms with E-state index in [9.17, 15) is 9.59 Å². The summed E-state index contributed by atoms with van der Waals surface area (Å²) in [6.07, 6.45) is 0.187. The summed E-state index contributed by atoms with van der Waals surface area (Å²) >= 11 is 6.11. The number of hydrogen-bond acceptors (Lipinski definition) is 4. The average Bonchev–Trinajstić information content (AvgIpc) is 2.73. The maximum Gasteiger partial charge on any atom is 0.243 e. The van der Waals surface area contributed by atoms with Crippen LogP contribution in [0.5, 0.6) is 11.5 Å². The maximum atomic E-state index is 12.3. The van der Waals surface area contributed by atoms with Crippen LogP contribution in [-0.2, 0) is 16.0 Å². The SMILES string of the molecule is COc1cc(OC)c(NC(=O)CNC(=O)Cc2cccc3ccccc23)cc1Cl.